The first-order valence-electron chi connectivity index (χ1n) is 5.26. The maximum Gasteiger partial charge on any atom is 0.328 e. The number of hydrogen-bond donors (Lipinski definition) is 3. The molecule has 0 heterocycles. The van der Waals surface area contributed by atoms with Crippen LogP contribution in [0.4, 0.5) is 0 Å². The number of Topliss-reactive ketones (excluding diaryl/α,β-unsaturated/α-hetero) is 1. The highest BCUT2D eigenvalue weighted by Gasteiger charge is 2.20. The van der Waals surface area contributed by atoms with Gasteiger partial charge in [-0.15, -0.1) is 0 Å². The fourth-order valence-electron chi connectivity index (χ4n) is 1.30. The van der Waals surface area contributed by atoms with Crippen molar-refractivity contribution in [2.75, 3.05) is 6.61 Å². The van der Waals surface area contributed by atoms with Crippen molar-refractivity contribution in [1.82, 2.24) is 5.32 Å². The van der Waals surface area contributed by atoms with Crippen molar-refractivity contribution < 1.29 is 24.6 Å². The van der Waals surface area contributed by atoms with Crippen LogP contribution in [0.3, 0.4) is 0 Å². The van der Waals surface area contributed by atoms with E-state index in [9.17, 15) is 14.4 Å². The third-order valence-corrected chi connectivity index (χ3v) is 2.23. The van der Waals surface area contributed by atoms with E-state index >= 15 is 0 Å². The Bertz CT molecular complexity index is 443. The minimum atomic E-state index is -1.39. The van der Waals surface area contributed by atoms with Gasteiger partial charge in [-0.25, -0.2) is 4.79 Å². The average molecular weight is 251 g/mol. The minimum Gasteiger partial charge on any atom is -0.480 e. The molecule has 0 spiro atoms. The first-order valence-corrected chi connectivity index (χ1v) is 5.26. The van der Waals surface area contributed by atoms with E-state index in [-0.39, 0.29) is 0 Å². The Morgan fingerprint density at radius 1 is 1.17 bits per heavy atom. The molecule has 0 aliphatic rings. The van der Waals surface area contributed by atoms with Crippen molar-refractivity contribution >= 4 is 17.7 Å². The van der Waals surface area contributed by atoms with Crippen LogP contribution in [0, 0.1) is 0 Å². The molecule has 0 aliphatic carbocycles. The summed E-state index contributed by atoms with van der Waals surface area (Å²) in [6, 6.07) is 6.81. The zero-order valence-corrected chi connectivity index (χ0v) is 9.50. The zero-order chi connectivity index (χ0) is 13.5. The van der Waals surface area contributed by atoms with E-state index in [0.717, 1.165) is 0 Å². The van der Waals surface area contributed by atoms with Crippen molar-refractivity contribution in [2.45, 2.75) is 12.5 Å². The molecule has 6 nitrogen and oxygen atoms in total. The number of ketones is 1. The van der Waals surface area contributed by atoms with Gasteiger partial charge in [0, 0.05) is 5.56 Å². The van der Waals surface area contributed by atoms with E-state index in [0.29, 0.717) is 5.56 Å². The Morgan fingerprint density at radius 3 is 2.28 bits per heavy atom. The number of carboxylic acids is 1. The zero-order valence-electron chi connectivity index (χ0n) is 9.50. The highest BCUT2D eigenvalue weighted by molar-refractivity contribution is 6.07. The summed E-state index contributed by atoms with van der Waals surface area (Å²) in [5, 5.41) is 19.4. The molecule has 1 unspecified atom stereocenters. The van der Waals surface area contributed by atoms with Gasteiger partial charge in [0.25, 0.3) is 0 Å². The van der Waals surface area contributed by atoms with Crippen molar-refractivity contribution in [2.24, 2.45) is 0 Å². The van der Waals surface area contributed by atoms with E-state index in [1.807, 2.05) is 0 Å². The fraction of sp³-hybridized carbons (Fsp3) is 0.250. The SMILES string of the molecule is O=C(CC(=O)c1ccccc1)NC(CO)C(=O)O. The van der Waals surface area contributed by atoms with Crippen LogP contribution in [0.25, 0.3) is 0 Å². The Labute approximate surface area is 103 Å². The molecule has 1 atom stereocenters. The highest BCUT2D eigenvalue weighted by atomic mass is 16.4. The third-order valence-electron chi connectivity index (χ3n) is 2.23. The molecule has 1 amide bonds. The van der Waals surface area contributed by atoms with Crippen molar-refractivity contribution in [1.29, 1.82) is 0 Å². The summed E-state index contributed by atoms with van der Waals surface area (Å²) in [6.45, 7) is -0.722. The van der Waals surface area contributed by atoms with Crippen LogP contribution in [0.15, 0.2) is 30.3 Å². The van der Waals surface area contributed by atoms with Gasteiger partial charge in [0.1, 0.15) is 6.04 Å². The van der Waals surface area contributed by atoms with Crippen molar-refractivity contribution in [3.63, 3.8) is 0 Å². The van der Waals surface area contributed by atoms with Gasteiger partial charge >= 0.3 is 5.97 Å². The van der Waals surface area contributed by atoms with Crippen molar-refractivity contribution in [3.8, 4) is 0 Å². The number of carboxylic acid groups (broad SMARTS) is 1. The van der Waals surface area contributed by atoms with Crippen LogP contribution in [-0.2, 0) is 9.59 Å². The molecule has 0 aliphatic heterocycles. The molecule has 96 valence electrons. The molecular formula is C12H13NO5. The Hall–Kier alpha value is -2.21. The summed E-state index contributed by atoms with van der Waals surface area (Å²) in [5.41, 5.74) is 0.378. The molecule has 1 aromatic carbocycles. The molecule has 1 rings (SSSR count). The summed E-state index contributed by atoms with van der Waals surface area (Å²) in [6.07, 6.45) is -0.451. The number of carbonyl (C=O) groups excluding carboxylic acids is 2. The van der Waals surface area contributed by atoms with Crippen LogP contribution in [-0.4, -0.2) is 40.5 Å². The van der Waals surface area contributed by atoms with Gasteiger partial charge in [-0.05, 0) is 0 Å². The van der Waals surface area contributed by atoms with E-state index in [1.54, 1.807) is 30.3 Å². The van der Waals surface area contributed by atoms with Gasteiger partial charge in [-0.2, -0.15) is 0 Å². The van der Waals surface area contributed by atoms with Crippen LogP contribution in [0.1, 0.15) is 16.8 Å². The number of amides is 1. The summed E-state index contributed by atoms with van der Waals surface area (Å²) in [4.78, 5) is 33.6. The fourth-order valence-corrected chi connectivity index (χ4v) is 1.30. The van der Waals surface area contributed by atoms with Gasteiger partial charge in [-0.1, -0.05) is 30.3 Å². The number of carbonyl (C=O) groups is 3. The molecule has 6 heteroatoms. The largest absolute Gasteiger partial charge is 0.480 e. The van der Waals surface area contributed by atoms with Crippen molar-refractivity contribution in [3.05, 3.63) is 35.9 Å². The number of benzene rings is 1. The smallest absolute Gasteiger partial charge is 0.328 e. The standard InChI is InChI=1S/C12H13NO5/c14-7-9(12(17)18)13-11(16)6-10(15)8-4-2-1-3-5-8/h1-5,9,14H,6-7H2,(H,13,16)(H,17,18). The van der Waals surface area contributed by atoms with E-state index in [2.05, 4.69) is 5.32 Å². The predicted molar refractivity (Wildman–Crippen MR) is 62.0 cm³/mol. The second-order valence-corrected chi connectivity index (χ2v) is 3.61. The van der Waals surface area contributed by atoms with E-state index in [4.69, 9.17) is 10.2 Å². The molecule has 1 aromatic rings. The minimum absolute atomic E-state index is 0.378. The summed E-state index contributed by atoms with van der Waals surface area (Å²) >= 11 is 0. The van der Waals surface area contributed by atoms with Crippen LogP contribution >= 0.6 is 0 Å². The second-order valence-electron chi connectivity index (χ2n) is 3.61. The lowest BCUT2D eigenvalue weighted by Crippen LogP contribution is -2.43. The lowest BCUT2D eigenvalue weighted by molar-refractivity contribution is -0.142. The molecule has 18 heavy (non-hydrogen) atoms. The quantitative estimate of drug-likeness (QED) is 0.480. The molecular weight excluding hydrogens is 238 g/mol. The number of nitrogens with one attached hydrogen (secondary N) is 1. The van der Waals surface area contributed by atoms with Crippen LogP contribution < -0.4 is 5.32 Å². The van der Waals surface area contributed by atoms with E-state index in [1.165, 1.54) is 0 Å². The van der Waals surface area contributed by atoms with Crippen LogP contribution in [0.2, 0.25) is 0 Å². The number of hydrogen-bond acceptors (Lipinski definition) is 4. The molecule has 0 bridgehead atoms. The average Bonchev–Trinajstić information content (AvgIpc) is 2.36. The third kappa shape index (κ3) is 3.99. The van der Waals surface area contributed by atoms with Gasteiger partial charge < -0.3 is 15.5 Å². The second kappa shape index (κ2) is 6.51. The lowest BCUT2D eigenvalue weighted by Gasteiger charge is -2.10. The first kappa shape index (κ1) is 13.9. The maximum absolute atomic E-state index is 11.6. The van der Waals surface area contributed by atoms with Crippen LogP contribution in [0.5, 0.6) is 0 Å². The summed E-state index contributed by atoms with van der Waals surface area (Å²) in [5.74, 6) is -2.49. The van der Waals surface area contributed by atoms with E-state index < -0.39 is 36.7 Å². The number of aliphatic hydroxyl groups excluding tert-OH is 1. The highest BCUT2D eigenvalue weighted by Crippen LogP contribution is 2.02. The summed E-state index contributed by atoms with van der Waals surface area (Å²) < 4.78 is 0. The van der Waals surface area contributed by atoms with Gasteiger partial charge in [0.2, 0.25) is 5.91 Å². The summed E-state index contributed by atoms with van der Waals surface area (Å²) in [7, 11) is 0. The monoisotopic (exact) mass is 251 g/mol. The Balaban J connectivity index is 2.55. The number of rotatable bonds is 6. The molecule has 0 saturated carbocycles. The maximum atomic E-state index is 11.6. The normalized spacial score (nSPS) is 11.6. The number of aliphatic carboxylic acids is 1. The topological polar surface area (TPSA) is 104 Å². The first-order chi connectivity index (χ1) is 8.54. The lowest BCUT2D eigenvalue weighted by atomic mass is 10.1. The predicted octanol–water partition coefficient (Wildman–Crippen LogP) is -0.179. The van der Waals surface area contributed by atoms with Gasteiger partial charge in [0.05, 0.1) is 13.0 Å². The number of aliphatic hydroxyl groups is 1. The molecule has 0 fully saturated rings. The Kier molecular flexibility index (Phi) is 5.01. The Morgan fingerprint density at radius 2 is 1.78 bits per heavy atom. The molecule has 0 saturated heterocycles. The molecule has 0 aromatic heterocycles. The molecule has 0 radical (unpaired) electrons. The van der Waals surface area contributed by atoms with Gasteiger partial charge in [-0.3, -0.25) is 9.59 Å². The molecule has 3 N–H and O–H groups in total. The van der Waals surface area contributed by atoms with Gasteiger partial charge in [0.15, 0.2) is 5.78 Å².